The van der Waals surface area contributed by atoms with E-state index in [1.807, 2.05) is 30.0 Å². The van der Waals surface area contributed by atoms with Crippen molar-refractivity contribution in [1.82, 2.24) is 10.2 Å². The zero-order valence-electron chi connectivity index (χ0n) is 13.1. The minimum atomic E-state index is -0.356. The van der Waals surface area contributed by atoms with E-state index in [1.165, 1.54) is 5.56 Å². The SMILES string of the molecule is CCN(Cc1ccccc1)C(=O)C1(COC)CCNCC1. The van der Waals surface area contributed by atoms with Gasteiger partial charge in [-0.3, -0.25) is 4.79 Å². The molecule has 1 N–H and O–H groups in total. The first kappa shape index (κ1) is 16.0. The summed E-state index contributed by atoms with van der Waals surface area (Å²) in [6.45, 7) is 5.74. The fourth-order valence-electron chi connectivity index (χ4n) is 3.07. The molecule has 0 saturated carbocycles. The first-order chi connectivity index (χ1) is 10.2. The highest BCUT2D eigenvalue weighted by molar-refractivity contribution is 5.83. The fourth-order valence-corrected chi connectivity index (χ4v) is 3.07. The average molecular weight is 290 g/mol. The molecule has 0 atom stereocenters. The lowest BCUT2D eigenvalue weighted by Crippen LogP contribution is -2.51. The summed E-state index contributed by atoms with van der Waals surface area (Å²) in [7, 11) is 1.69. The standard InChI is InChI=1S/C17H26N2O2/c1-3-19(13-15-7-5-4-6-8-15)16(20)17(14-21-2)9-11-18-12-10-17/h4-8,18H,3,9-14H2,1-2H3. The van der Waals surface area contributed by atoms with E-state index < -0.39 is 0 Å². The summed E-state index contributed by atoms with van der Waals surface area (Å²) in [5, 5.41) is 3.33. The van der Waals surface area contributed by atoms with E-state index in [1.54, 1.807) is 7.11 Å². The van der Waals surface area contributed by atoms with Crippen LogP contribution < -0.4 is 5.32 Å². The van der Waals surface area contributed by atoms with Gasteiger partial charge in [-0.1, -0.05) is 30.3 Å². The highest BCUT2D eigenvalue weighted by atomic mass is 16.5. The third kappa shape index (κ3) is 3.83. The van der Waals surface area contributed by atoms with E-state index in [0.717, 1.165) is 32.5 Å². The Morgan fingerprint density at radius 2 is 1.95 bits per heavy atom. The van der Waals surface area contributed by atoms with Crippen LogP contribution in [0.25, 0.3) is 0 Å². The van der Waals surface area contributed by atoms with Gasteiger partial charge in [-0.05, 0) is 38.4 Å². The number of nitrogens with zero attached hydrogens (tertiary/aromatic N) is 1. The van der Waals surface area contributed by atoms with Gasteiger partial charge < -0.3 is 15.0 Å². The van der Waals surface area contributed by atoms with Gasteiger partial charge in [-0.25, -0.2) is 0 Å². The molecule has 116 valence electrons. The smallest absolute Gasteiger partial charge is 0.231 e. The van der Waals surface area contributed by atoms with E-state index in [2.05, 4.69) is 17.4 Å². The highest BCUT2D eigenvalue weighted by Gasteiger charge is 2.41. The predicted molar refractivity (Wildman–Crippen MR) is 83.9 cm³/mol. The molecular weight excluding hydrogens is 264 g/mol. The first-order valence-electron chi connectivity index (χ1n) is 7.75. The van der Waals surface area contributed by atoms with Crippen LogP contribution in [-0.4, -0.2) is 44.2 Å². The molecule has 1 fully saturated rings. The molecule has 1 aromatic carbocycles. The Kier molecular flexibility index (Phi) is 5.76. The molecule has 4 heteroatoms. The third-order valence-electron chi connectivity index (χ3n) is 4.32. The summed E-state index contributed by atoms with van der Waals surface area (Å²) in [5.41, 5.74) is 0.819. The zero-order valence-corrected chi connectivity index (χ0v) is 13.1. The number of amides is 1. The van der Waals surface area contributed by atoms with Crippen LogP contribution in [0.5, 0.6) is 0 Å². The Morgan fingerprint density at radius 1 is 1.29 bits per heavy atom. The van der Waals surface area contributed by atoms with Crippen LogP contribution >= 0.6 is 0 Å². The summed E-state index contributed by atoms with van der Waals surface area (Å²) >= 11 is 0. The van der Waals surface area contributed by atoms with Crippen LogP contribution in [0.1, 0.15) is 25.3 Å². The normalized spacial score (nSPS) is 17.4. The number of nitrogens with one attached hydrogen (secondary N) is 1. The minimum absolute atomic E-state index is 0.234. The molecule has 0 bridgehead atoms. The van der Waals surface area contributed by atoms with Crippen LogP contribution in [0.4, 0.5) is 0 Å². The van der Waals surface area contributed by atoms with Crippen molar-refractivity contribution in [2.75, 3.05) is 33.4 Å². The Bertz CT molecular complexity index is 436. The van der Waals surface area contributed by atoms with Crippen molar-refractivity contribution in [2.24, 2.45) is 5.41 Å². The molecule has 21 heavy (non-hydrogen) atoms. The lowest BCUT2D eigenvalue weighted by Gasteiger charge is -2.39. The molecular formula is C17H26N2O2. The fraction of sp³-hybridized carbons (Fsp3) is 0.588. The second kappa shape index (κ2) is 7.57. The van der Waals surface area contributed by atoms with E-state index >= 15 is 0 Å². The van der Waals surface area contributed by atoms with Crippen molar-refractivity contribution >= 4 is 5.91 Å². The van der Waals surface area contributed by atoms with Gasteiger partial charge in [-0.15, -0.1) is 0 Å². The first-order valence-corrected chi connectivity index (χ1v) is 7.75. The lowest BCUT2D eigenvalue weighted by molar-refractivity contribution is -0.148. The number of hydrogen-bond donors (Lipinski definition) is 1. The molecule has 1 heterocycles. The molecule has 0 radical (unpaired) electrons. The molecule has 1 aliphatic heterocycles. The average Bonchev–Trinajstić information content (AvgIpc) is 2.54. The quantitative estimate of drug-likeness (QED) is 0.872. The number of hydrogen-bond acceptors (Lipinski definition) is 3. The van der Waals surface area contributed by atoms with Crippen molar-refractivity contribution in [2.45, 2.75) is 26.3 Å². The van der Waals surface area contributed by atoms with E-state index in [-0.39, 0.29) is 11.3 Å². The van der Waals surface area contributed by atoms with Gasteiger partial charge in [0.2, 0.25) is 5.91 Å². The van der Waals surface area contributed by atoms with Crippen molar-refractivity contribution in [3.63, 3.8) is 0 Å². The zero-order chi connectivity index (χ0) is 15.1. The van der Waals surface area contributed by atoms with Gasteiger partial charge in [0.25, 0.3) is 0 Å². The minimum Gasteiger partial charge on any atom is -0.384 e. The van der Waals surface area contributed by atoms with E-state index in [0.29, 0.717) is 13.2 Å². The van der Waals surface area contributed by atoms with Crippen molar-refractivity contribution in [1.29, 1.82) is 0 Å². The predicted octanol–water partition coefficient (Wildman–Crippen LogP) is 2.05. The van der Waals surface area contributed by atoms with Crippen molar-refractivity contribution in [3.8, 4) is 0 Å². The molecule has 0 spiro atoms. The molecule has 1 aliphatic rings. The summed E-state index contributed by atoms with van der Waals surface area (Å²) in [4.78, 5) is 15.0. The van der Waals surface area contributed by atoms with Crippen LogP contribution in [0.15, 0.2) is 30.3 Å². The Labute approximate surface area is 127 Å². The number of piperidine rings is 1. The monoisotopic (exact) mass is 290 g/mol. The topological polar surface area (TPSA) is 41.6 Å². The van der Waals surface area contributed by atoms with Gasteiger partial charge in [0.05, 0.1) is 12.0 Å². The molecule has 1 saturated heterocycles. The maximum Gasteiger partial charge on any atom is 0.231 e. The molecule has 0 aliphatic carbocycles. The van der Waals surface area contributed by atoms with Gasteiger partial charge >= 0.3 is 0 Å². The number of carbonyl (C=O) groups excluding carboxylic acids is 1. The van der Waals surface area contributed by atoms with Crippen LogP contribution in [-0.2, 0) is 16.1 Å². The second-order valence-electron chi connectivity index (χ2n) is 5.77. The number of carbonyl (C=O) groups is 1. The van der Waals surface area contributed by atoms with Crippen LogP contribution in [0.3, 0.4) is 0 Å². The Hall–Kier alpha value is -1.39. The Morgan fingerprint density at radius 3 is 2.52 bits per heavy atom. The molecule has 0 unspecified atom stereocenters. The largest absolute Gasteiger partial charge is 0.384 e. The second-order valence-corrected chi connectivity index (χ2v) is 5.77. The number of ether oxygens (including phenoxy) is 1. The highest BCUT2D eigenvalue weighted by Crippen LogP contribution is 2.32. The third-order valence-corrected chi connectivity index (χ3v) is 4.32. The number of rotatable bonds is 6. The maximum absolute atomic E-state index is 13.1. The van der Waals surface area contributed by atoms with Gasteiger partial charge in [-0.2, -0.15) is 0 Å². The van der Waals surface area contributed by atoms with Gasteiger partial charge in [0.1, 0.15) is 0 Å². The van der Waals surface area contributed by atoms with E-state index in [4.69, 9.17) is 4.74 Å². The molecule has 1 aromatic rings. The summed E-state index contributed by atoms with van der Waals surface area (Å²) in [6.07, 6.45) is 1.70. The lowest BCUT2D eigenvalue weighted by atomic mass is 9.78. The Balaban J connectivity index is 2.13. The van der Waals surface area contributed by atoms with Gasteiger partial charge in [0.15, 0.2) is 0 Å². The van der Waals surface area contributed by atoms with Gasteiger partial charge in [0, 0.05) is 20.2 Å². The molecule has 2 rings (SSSR count). The van der Waals surface area contributed by atoms with E-state index in [9.17, 15) is 4.79 Å². The van der Waals surface area contributed by atoms with Crippen LogP contribution in [0, 0.1) is 5.41 Å². The molecule has 0 aromatic heterocycles. The summed E-state index contributed by atoms with van der Waals surface area (Å²) in [6, 6.07) is 10.2. The molecule has 1 amide bonds. The maximum atomic E-state index is 13.1. The summed E-state index contributed by atoms with van der Waals surface area (Å²) < 4.78 is 5.38. The van der Waals surface area contributed by atoms with Crippen LogP contribution in [0.2, 0.25) is 0 Å². The summed E-state index contributed by atoms with van der Waals surface area (Å²) in [5.74, 6) is 0.234. The number of benzene rings is 1. The molecule has 4 nitrogen and oxygen atoms in total. The number of methoxy groups -OCH3 is 1. The van der Waals surface area contributed by atoms with Crippen molar-refractivity contribution in [3.05, 3.63) is 35.9 Å². The van der Waals surface area contributed by atoms with Crippen molar-refractivity contribution < 1.29 is 9.53 Å².